The molecule has 11 heteroatoms. The molecule has 0 saturated heterocycles. The van der Waals surface area contributed by atoms with Gasteiger partial charge in [-0.15, -0.1) is 0 Å². The molecule has 0 atom stereocenters. The van der Waals surface area contributed by atoms with E-state index in [0.717, 1.165) is 24.4 Å². The van der Waals surface area contributed by atoms with Crippen molar-refractivity contribution in [2.45, 2.75) is 6.18 Å². The number of halogens is 3. The van der Waals surface area contributed by atoms with Crippen molar-refractivity contribution < 1.29 is 32.4 Å². The average molecular weight is 397 g/mol. The molecule has 0 saturated carbocycles. The second kappa shape index (κ2) is 8.37. The van der Waals surface area contributed by atoms with Crippen LogP contribution in [-0.4, -0.2) is 31.3 Å². The van der Waals surface area contributed by atoms with Crippen LogP contribution in [0, 0.1) is 10.1 Å². The zero-order valence-electron chi connectivity index (χ0n) is 14.6. The third-order valence-electron chi connectivity index (χ3n) is 3.55. The van der Waals surface area contributed by atoms with Crippen LogP contribution in [0.25, 0.3) is 0 Å². The molecule has 0 aliphatic heterocycles. The first kappa shape index (κ1) is 20.7. The van der Waals surface area contributed by atoms with E-state index >= 15 is 0 Å². The van der Waals surface area contributed by atoms with Crippen LogP contribution in [0.5, 0.6) is 11.5 Å². The highest BCUT2D eigenvalue weighted by Crippen LogP contribution is 2.33. The number of ether oxygens (including phenoxy) is 2. The maximum atomic E-state index is 12.7. The quantitative estimate of drug-likeness (QED) is 0.457. The fourth-order valence-electron chi connectivity index (χ4n) is 2.21. The molecule has 1 N–H and O–H groups in total. The van der Waals surface area contributed by atoms with E-state index < -0.39 is 22.6 Å². The summed E-state index contributed by atoms with van der Waals surface area (Å²) in [7, 11) is 2.57. The van der Waals surface area contributed by atoms with Crippen LogP contribution in [0.1, 0.15) is 21.5 Å². The van der Waals surface area contributed by atoms with Crippen LogP contribution in [0.2, 0.25) is 0 Å². The number of rotatable bonds is 6. The lowest BCUT2D eigenvalue weighted by Crippen LogP contribution is -2.18. The normalized spacial score (nSPS) is 11.3. The standard InChI is InChI=1S/C17H14F3N3O5/c1-27-14-8-15(28-2)13(23(25)26)7-11(14)9-21-22-16(24)10-4-3-5-12(6-10)17(18,19)20/h3-9H,1-2H3,(H,22,24)/b21-9-. The molecule has 0 aliphatic carbocycles. The molecule has 0 aromatic heterocycles. The van der Waals surface area contributed by atoms with E-state index in [-0.39, 0.29) is 28.3 Å². The molecule has 1 amide bonds. The molecule has 2 rings (SSSR count). The number of carbonyl (C=O) groups is 1. The van der Waals surface area contributed by atoms with Crippen molar-refractivity contribution in [1.29, 1.82) is 0 Å². The number of methoxy groups -OCH3 is 2. The fourth-order valence-corrected chi connectivity index (χ4v) is 2.21. The first-order chi connectivity index (χ1) is 13.2. The highest BCUT2D eigenvalue weighted by Gasteiger charge is 2.30. The zero-order valence-corrected chi connectivity index (χ0v) is 14.6. The van der Waals surface area contributed by atoms with Crippen molar-refractivity contribution in [2.24, 2.45) is 5.10 Å². The van der Waals surface area contributed by atoms with Gasteiger partial charge in [0.1, 0.15) is 5.75 Å². The third-order valence-corrected chi connectivity index (χ3v) is 3.55. The molecule has 8 nitrogen and oxygen atoms in total. The number of nitrogens with zero attached hydrogens (tertiary/aromatic N) is 2. The van der Waals surface area contributed by atoms with Gasteiger partial charge < -0.3 is 9.47 Å². The van der Waals surface area contributed by atoms with Crippen molar-refractivity contribution in [3.05, 3.63) is 63.2 Å². The first-order valence-electron chi connectivity index (χ1n) is 7.58. The van der Waals surface area contributed by atoms with Gasteiger partial charge in [-0.25, -0.2) is 5.43 Å². The van der Waals surface area contributed by atoms with E-state index in [4.69, 9.17) is 9.47 Å². The fraction of sp³-hybridized carbons (Fsp3) is 0.176. The predicted octanol–water partition coefficient (Wildman–Crippen LogP) is 3.39. The lowest BCUT2D eigenvalue weighted by atomic mass is 10.1. The molecule has 0 bridgehead atoms. The number of amides is 1. The average Bonchev–Trinajstić information content (AvgIpc) is 2.66. The molecule has 0 unspecified atom stereocenters. The molecule has 148 valence electrons. The number of carbonyl (C=O) groups excluding carboxylic acids is 1. The highest BCUT2D eigenvalue weighted by atomic mass is 19.4. The predicted molar refractivity (Wildman–Crippen MR) is 92.7 cm³/mol. The van der Waals surface area contributed by atoms with Crippen LogP contribution < -0.4 is 14.9 Å². The first-order valence-corrected chi connectivity index (χ1v) is 7.58. The number of nitro groups is 1. The summed E-state index contributed by atoms with van der Waals surface area (Å²) in [6, 6.07) is 6.20. The Morgan fingerprint density at radius 2 is 1.86 bits per heavy atom. The van der Waals surface area contributed by atoms with E-state index in [1.165, 1.54) is 26.4 Å². The van der Waals surface area contributed by atoms with Crippen LogP contribution in [0.15, 0.2) is 41.5 Å². The number of nitrogens with one attached hydrogen (secondary N) is 1. The lowest BCUT2D eigenvalue weighted by molar-refractivity contribution is -0.385. The van der Waals surface area contributed by atoms with Gasteiger partial charge in [-0.2, -0.15) is 18.3 Å². The second-order valence-electron chi connectivity index (χ2n) is 5.30. The summed E-state index contributed by atoms with van der Waals surface area (Å²) in [6.45, 7) is 0. The third kappa shape index (κ3) is 4.75. The minimum atomic E-state index is -4.59. The molecular weight excluding hydrogens is 383 g/mol. The van der Waals surface area contributed by atoms with E-state index in [1.807, 2.05) is 0 Å². The number of nitro benzene ring substituents is 1. The van der Waals surface area contributed by atoms with Crippen LogP contribution in [0.3, 0.4) is 0 Å². The number of hydrogen-bond acceptors (Lipinski definition) is 6. The molecule has 2 aromatic carbocycles. The molecule has 28 heavy (non-hydrogen) atoms. The smallest absolute Gasteiger partial charge is 0.416 e. The lowest BCUT2D eigenvalue weighted by Gasteiger charge is -2.09. The summed E-state index contributed by atoms with van der Waals surface area (Å²) < 4.78 is 48.1. The Balaban J connectivity index is 2.24. The van der Waals surface area contributed by atoms with Gasteiger partial charge in [0.2, 0.25) is 5.75 Å². The maximum absolute atomic E-state index is 12.7. The van der Waals surface area contributed by atoms with E-state index in [0.29, 0.717) is 6.07 Å². The minimum absolute atomic E-state index is 0.0352. The van der Waals surface area contributed by atoms with Gasteiger partial charge in [0.05, 0.1) is 30.9 Å². The van der Waals surface area contributed by atoms with Crippen molar-refractivity contribution in [1.82, 2.24) is 5.43 Å². The summed E-state index contributed by atoms with van der Waals surface area (Å²) in [5.41, 5.74) is 0.635. The second-order valence-corrected chi connectivity index (χ2v) is 5.30. The molecule has 0 heterocycles. The Morgan fingerprint density at radius 1 is 1.18 bits per heavy atom. The molecule has 2 aromatic rings. The van der Waals surface area contributed by atoms with E-state index in [2.05, 4.69) is 10.5 Å². The van der Waals surface area contributed by atoms with Crippen molar-refractivity contribution in [3.63, 3.8) is 0 Å². The van der Waals surface area contributed by atoms with Crippen LogP contribution in [0.4, 0.5) is 18.9 Å². The van der Waals surface area contributed by atoms with Gasteiger partial charge in [-0.05, 0) is 18.2 Å². The van der Waals surface area contributed by atoms with Gasteiger partial charge in [0.25, 0.3) is 5.91 Å². The van der Waals surface area contributed by atoms with Crippen molar-refractivity contribution in [2.75, 3.05) is 14.2 Å². The molecular formula is C17H14F3N3O5. The largest absolute Gasteiger partial charge is 0.496 e. The van der Waals surface area contributed by atoms with Crippen LogP contribution in [-0.2, 0) is 6.18 Å². The molecule has 0 fully saturated rings. The molecule has 0 spiro atoms. The Bertz CT molecular complexity index is 929. The summed E-state index contributed by atoms with van der Waals surface area (Å²) >= 11 is 0. The Hall–Kier alpha value is -3.63. The van der Waals surface area contributed by atoms with Gasteiger partial charge in [-0.1, -0.05) is 6.07 Å². The number of alkyl halides is 3. The van der Waals surface area contributed by atoms with Gasteiger partial charge in [0.15, 0.2) is 0 Å². The Kier molecular flexibility index (Phi) is 6.18. The number of hydrazone groups is 1. The summed E-state index contributed by atoms with van der Waals surface area (Å²) in [5.74, 6) is -0.740. The van der Waals surface area contributed by atoms with Gasteiger partial charge in [0, 0.05) is 23.3 Å². The Morgan fingerprint density at radius 3 is 2.43 bits per heavy atom. The van der Waals surface area contributed by atoms with E-state index in [1.54, 1.807) is 0 Å². The summed E-state index contributed by atoms with van der Waals surface area (Å²) in [5, 5.41) is 14.7. The highest BCUT2D eigenvalue weighted by molar-refractivity contribution is 5.95. The monoisotopic (exact) mass is 397 g/mol. The topological polar surface area (TPSA) is 103 Å². The summed E-state index contributed by atoms with van der Waals surface area (Å²) in [4.78, 5) is 22.4. The molecule has 0 aliphatic rings. The Labute approximate surface area is 156 Å². The number of benzene rings is 2. The zero-order chi connectivity index (χ0) is 20.9. The number of hydrogen-bond donors (Lipinski definition) is 1. The van der Waals surface area contributed by atoms with E-state index in [9.17, 15) is 28.1 Å². The van der Waals surface area contributed by atoms with Crippen molar-refractivity contribution in [3.8, 4) is 11.5 Å². The summed E-state index contributed by atoms with van der Waals surface area (Å²) in [6.07, 6.45) is -3.52. The maximum Gasteiger partial charge on any atom is 0.416 e. The molecule has 0 radical (unpaired) electrons. The van der Waals surface area contributed by atoms with Gasteiger partial charge >= 0.3 is 11.9 Å². The van der Waals surface area contributed by atoms with Crippen molar-refractivity contribution >= 4 is 17.8 Å². The minimum Gasteiger partial charge on any atom is -0.496 e. The SMILES string of the molecule is COc1cc(OC)c([N+](=O)[O-])cc1/C=N\NC(=O)c1cccc(C(F)(F)F)c1. The van der Waals surface area contributed by atoms with Crippen LogP contribution >= 0.6 is 0 Å². The van der Waals surface area contributed by atoms with Gasteiger partial charge in [-0.3, -0.25) is 14.9 Å².